The molecule has 0 bridgehead atoms. The predicted molar refractivity (Wildman–Crippen MR) is 49.6 cm³/mol. The van der Waals surface area contributed by atoms with Crippen molar-refractivity contribution in [3.8, 4) is 0 Å². The molecule has 3 N–H and O–H groups in total. The Kier molecular flexibility index (Phi) is 2.44. The van der Waals surface area contributed by atoms with E-state index in [0.29, 0.717) is 4.31 Å². The summed E-state index contributed by atoms with van der Waals surface area (Å²) in [6, 6.07) is 7.26. The quantitative estimate of drug-likeness (QED) is 0.532. The van der Waals surface area contributed by atoms with Crippen LogP contribution in [0, 0.1) is 6.07 Å². The largest absolute Gasteiger partial charge is 0.397 e. The molecule has 0 aliphatic heterocycles. The molecule has 0 unspecified atom stereocenters. The lowest BCUT2D eigenvalue weighted by Gasteiger charge is -2.15. The maximum absolute atomic E-state index is 10.7. The molecule has 0 amide bonds. The van der Waals surface area contributed by atoms with Gasteiger partial charge in [0.25, 0.3) is 0 Å². The third-order valence-electron chi connectivity index (χ3n) is 1.53. The Morgan fingerprint density at radius 3 is 2.69 bits per heavy atom. The average molecular weight is 201 g/mol. The Labute approximate surface area is 76.7 Å². The van der Waals surface area contributed by atoms with E-state index in [1.807, 2.05) is 0 Å². The van der Waals surface area contributed by atoms with E-state index in [0.717, 1.165) is 0 Å². The number of para-hydroxylation sites is 1. The molecule has 1 aromatic carbocycles. The summed E-state index contributed by atoms with van der Waals surface area (Å²) in [5.41, 5.74) is 5.84. The molecule has 0 spiro atoms. The van der Waals surface area contributed by atoms with Crippen molar-refractivity contribution in [2.24, 2.45) is 0 Å². The van der Waals surface area contributed by atoms with Crippen LogP contribution in [0.1, 0.15) is 0 Å². The van der Waals surface area contributed by atoms with E-state index < -0.39 is 10.3 Å². The predicted octanol–water partition coefficient (Wildman–Crippen LogP) is 0.308. The van der Waals surface area contributed by atoms with Crippen LogP contribution in [0.15, 0.2) is 18.2 Å². The Morgan fingerprint density at radius 1 is 1.62 bits per heavy atom. The monoisotopic (exact) mass is 201 g/mol. The van der Waals surface area contributed by atoms with Gasteiger partial charge in [-0.25, -0.2) is 4.31 Å². The minimum absolute atomic E-state index is 0.130. The number of hydrogen-bond donors (Lipinski definition) is 2. The molecule has 1 radical (unpaired) electrons. The zero-order valence-corrected chi connectivity index (χ0v) is 7.75. The fraction of sp³-hybridized carbons (Fsp3) is 0.143. The normalized spacial score (nSPS) is 11.2. The second kappa shape index (κ2) is 3.23. The number of nitrogens with zero attached hydrogens (tertiary/aromatic N) is 1. The lowest BCUT2D eigenvalue weighted by Crippen LogP contribution is -2.26. The van der Waals surface area contributed by atoms with Gasteiger partial charge in [-0.05, 0) is 6.07 Å². The van der Waals surface area contributed by atoms with Gasteiger partial charge in [0, 0.05) is 13.1 Å². The molecule has 0 fully saturated rings. The standard InChI is InChI=1S/C7H9N2O3S/c1-9(13(10,11)12)7-5-3-2-4-6(7)8/h2-4H,8H2,1H3,(H,10,11,12). The van der Waals surface area contributed by atoms with Gasteiger partial charge in [-0.1, -0.05) is 12.1 Å². The van der Waals surface area contributed by atoms with E-state index in [2.05, 4.69) is 6.07 Å². The molecule has 0 heterocycles. The van der Waals surface area contributed by atoms with Crippen LogP contribution < -0.4 is 10.0 Å². The fourth-order valence-electron chi connectivity index (χ4n) is 0.829. The SMILES string of the molecule is CN(c1[c]cccc1N)S(=O)(=O)O. The molecule has 0 aromatic heterocycles. The smallest absolute Gasteiger partial charge is 0.359 e. The molecule has 5 nitrogen and oxygen atoms in total. The van der Waals surface area contributed by atoms with Crippen LogP contribution in [0.2, 0.25) is 0 Å². The molecule has 0 saturated carbocycles. The summed E-state index contributed by atoms with van der Waals surface area (Å²) in [6.07, 6.45) is 0. The minimum atomic E-state index is -4.26. The summed E-state index contributed by atoms with van der Waals surface area (Å²) in [5, 5.41) is 0. The van der Waals surface area contributed by atoms with Crippen LogP contribution in [0.3, 0.4) is 0 Å². The minimum Gasteiger partial charge on any atom is -0.397 e. The highest BCUT2D eigenvalue weighted by Crippen LogP contribution is 2.21. The molecule has 0 aliphatic carbocycles. The van der Waals surface area contributed by atoms with Crippen LogP contribution in [0.25, 0.3) is 0 Å². The van der Waals surface area contributed by atoms with Gasteiger partial charge < -0.3 is 5.73 Å². The molecular formula is C7H9N2O3S. The van der Waals surface area contributed by atoms with Gasteiger partial charge in [0.1, 0.15) is 0 Å². The molecule has 0 atom stereocenters. The summed E-state index contributed by atoms with van der Waals surface area (Å²) in [7, 11) is -3.06. The van der Waals surface area contributed by atoms with Gasteiger partial charge in [0.2, 0.25) is 0 Å². The second-order valence-electron chi connectivity index (χ2n) is 2.42. The first-order chi connectivity index (χ1) is 5.93. The Hall–Kier alpha value is -1.27. The lowest BCUT2D eigenvalue weighted by molar-refractivity contribution is 0.481. The maximum atomic E-state index is 10.7. The molecule has 1 rings (SSSR count). The molecule has 1 aromatic rings. The van der Waals surface area contributed by atoms with Crippen LogP contribution in [0.5, 0.6) is 0 Å². The molecular weight excluding hydrogens is 192 g/mol. The summed E-state index contributed by atoms with van der Waals surface area (Å²) >= 11 is 0. The van der Waals surface area contributed by atoms with E-state index in [9.17, 15) is 8.42 Å². The van der Waals surface area contributed by atoms with Crippen LogP contribution in [-0.4, -0.2) is 20.0 Å². The van der Waals surface area contributed by atoms with Crippen molar-refractivity contribution in [3.05, 3.63) is 24.3 Å². The van der Waals surface area contributed by atoms with E-state index in [4.69, 9.17) is 10.3 Å². The van der Waals surface area contributed by atoms with Crippen LogP contribution in [-0.2, 0) is 10.3 Å². The zero-order valence-electron chi connectivity index (χ0n) is 6.93. The number of hydrogen-bond acceptors (Lipinski definition) is 3. The first-order valence-electron chi connectivity index (χ1n) is 3.40. The Bertz CT molecular complexity index is 402. The van der Waals surface area contributed by atoms with E-state index in [-0.39, 0.29) is 11.4 Å². The Morgan fingerprint density at radius 2 is 2.23 bits per heavy atom. The molecule has 0 aliphatic rings. The van der Waals surface area contributed by atoms with Crippen molar-refractivity contribution >= 4 is 21.7 Å². The highest BCUT2D eigenvalue weighted by molar-refractivity contribution is 7.87. The molecule has 13 heavy (non-hydrogen) atoms. The molecule has 71 valence electrons. The van der Waals surface area contributed by atoms with Gasteiger partial charge in [-0.2, -0.15) is 8.42 Å². The summed E-state index contributed by atoms with van der Waals surface area (Å²) in [4.78, 5) is 0. The van der Waals surface area contributed by atoms with Crippen molar-refractivity contribution in [3.63, 3.8) is 0 Å². The Balaban J connectivity index is 3.17. The van der Waals surface area contributed by atoms with Gasteiger partial charge in [0.05, 0.1) is 11.4 Å². The van der Waals surface area contributed by atoms with Gasteiger partial charge in [-0.3, -0.25) is 4.55 Å². The summed E-state index contributed by atoms with van der Waals surface area (Å²) < 4.78 is 30.7. The average Bonchev–Trinajstić information content (AvgIpc) is 2.02. The van der Waals surface area contributed by atoms with Gasteiger partial charge >= 0.3 is 10.3 Å². The number of benzene rings is 1. The van der Waals surface area contributed by atoms with Crippen LogP contribution >= 0.6 is 0 Å². The number of anilines is 2. The van der Waals surface area contributed by atoms with Crippen molar-refractivity contribution in [2.45, 2.75) is 0 Å². The van der Waals surface area contributed by atoms with E-state index in [1.54, 1.807) is 6.07 Å². The fourth-order valence-corrected chi connectivity index (χ4v) is 1.22. The highest BCUT2D eigenvalue weighted by Gasteiger charge is 2.15. The number of nitrogen functional groups attached to an aromatic ring is 1. The lowest BCUT2D eigenvalue weighted by atomic mass is 10.3. The van der Waals surface area contributed by atoms with E-state index in [1.165, 1.54) is 19.2 Å². The van der Waals surface area contributed by atoms with Gasteiger partial charge in [0.15, 0.2) is 0 Å². The molecule has 6 heteroatoms. The van der Waals surface area contributed by atoms with Gasteiger partial charge in [-0.15, -0.1) is 0 Å². The number of nitrogens with two attached hydrogens (primary N) is 1. The summed E-state index contributed by atoms with van der Waals surface area (Å²) in [5.74, 6) is 0. The zero-order chi connectivity index (χ0) is 10.1. The first-order valence-corrected chi connectivity index (χ1v) is 4.80. The van der Waals surface area contributed by atoms with Crippen molar-refractivity contribution in [1.82, 2.24) is 0 Å². The first kappa shape index (κ1) is 9.82. The van der Waals surface area contributed by atoms with Crippen LogP contribution in [0.4, 0.5) is 11.4 Å². The third kappa shape index (κ3) is 2.10. The maximum Gasteiger partial charge on any atom is 0.359 e. The third-order valence-corrected chi connectivity index (χ3v) is 2.40. The summed E-state index contributed by atoms with van der Waals surface area (Å²) in [6.45, 7) is 0. The van der Waals surface area contributed by atoms with Crippen molar-refractivity contribution in [2.75, 3.05) is 17.1 Å². The number of rotatable bonds is 2. The second-order valence-corrected chi connectivity index (χ2v) is 3.86. The van der Waals surface area contributed by atoms with Crippen molar-refractivity contribution in [1.29, 1.82) is 0 Å². The topological polar surface area (TPSA) is 83.6 Å². The highest BCUT2D eigenvalue weighted by atomic mass is 32.2. The molecule has 0 saturated heterocycles. The van der Waals surface area contributed by atoms with E-state index >= 15 is 0 Å². The van der Waals surface area contributed by atoms with Crippen molar-refractivity contribution < 1.29 is 13.0 Å².